The van der Waals surface area contributed by atoms with E-state index in [2.05, 4.69) is 17.4 Å². The number of thioether (sulfide) groups is 1. The molecule has 0 saturated carbocycles. The average molecular weight is 376 g/mol. The van der Waals surface area contributed by atoms with Crippen molar-refractivity contribution in [3.63, 3.8) is 0 Å². The number of fused-ring (bicyclic) bond motifs is 3. The third-order valence-corrected chi connectivity index (χ3v) is 6.35. The molecule has 0 unspecified atom stereocenters. The van der Waals surface area contributed by atoms with Crippen LogP contribution < -0.4 is 5.32 Å². The van der Waals surface area contributed by atoms with Crippen LogP contribution in [-0.2, 0) is 5.75 Å². The number of carbonyl (C=O) groups excluding carboxylic acids is 1. The first-order valence-electron chi connectivity index (χ1n) is 7.23. The summed E-state index contributed by atoms with van der Waals surface area (Å²) >= 11 is 9.02. The molecule has 1 aromatic heterocycles. The minimum atomic E-state index is -0.505. The molecular weight excluding hydrogens is 365 g/mol. The molecule has 2 heterocycles. The first-order valence-corrected chi connectivity index (χ1v) is 9.41. The maximum Gasteiger partial charge on any atom is 0.265 e. The molecule has 4 rings (SSSR count). The van der Waals surface area contributed by atoms with E-state index >= 15 is 0 Å². The van der Waals surface area contributed by atoms with Crippen LogP contribution in [0, 0.1) is 5.82 Å². The monoisotopic (exact) mass is 375 g/mol. The lowest BCUT2D eigenvalue weighted by molar-refractivity contribution is 0.103. The Morgan fingerprint density at radius 1 is 1.17 bits per heavy atom. The van der Waals surface area contributed by atoms with Gasteiger partial charge in [-0.05, 0) is 35.9 Å². The maximum absolute atomic E-state index is 13.2. The van der Waals surface area contributed by atoms with Crippen LogP contribution in [0.5, 0.6) is 0 Å². The molecule has 6 heteroatoms. The Balaban J connectivity index is 1.63. The fraction of sp³-hybridized carbons (Fsp3) is 0.0556. The Morgan fingerprint density at radius 3 is 2.83 bits per heavy atom. The van der Waals surface area contributed by atoms with Crippen LogP contribution >= 0.6 is 34.7 Å². The summed E-state index contributed by atoms with van der Waals surface area (Å²) in [4.78, 5) is 15.5. The molecule has 0 spiro atoms. The summed E-state index contributed by atoms with van der Waals surface area (Å²) in [6, 6.07) is 14.3. The Hall–Kier alpha value is -1.82. The van der Waals surface area contributed by atoms with E-state index in [0.29, 0.717) is 10.6 Å². The molecule has 1 N–H and O–H groups in total. The fourth-order valence-corrected chi connectivity index (χ4v) is 5.07. The molecule has 1 amide bonds. The predicted octanol–water partition coefficient (Wildman–Crippen LogP) is 6.07. The van der Waals surface area contributed by atoms with Crippen molar-refractivity contribution in [3.05, 3.63) is 69.8 Å². The number of hydrogen-bond donors (Lipinski definition) is 1. The van der Waals surface area contributed by atoms with Gasteiger partial charge in [0.05, 0.1) is 9.90 Å². The van der Waals surface area contributed by atoms with Gasteiger partial charge in [0.15, 0.2) is 0 Å². The Labute approximate surface area is 151 Å². The van der Waals surface area contributed by atoms with Crippen LogP contribution in [0.1, 0.15) is 15.2 Å². The summed E-state index contributed by atoms with van der Waals surface area (Å²) in [5.74, 6) is 0.146. The van der Waals surface area contributed by atoms with E-state index in [-0.39, 0.29) is 10.9 Å². The Bertz CT molecular complexity index is 954. The zero-order valence-corrected chi connectivity index (χ0v) is 14.7. The molecule has 2 nitrogen and oxygen atoms in total. The quantitative estimate of drug-likeness (QED) is 0.589. The van der Waals surface area contributed by atoms with Gasteiger partial charge in [0.1, 0.15) is 5.82 Å². The van der Waals surface area contributed by atoms with Crippen LogP contribution in [0.2, 0.25) is 5.02 Å². The third-order valence-electron chi connectivity index (χ3n) is 3.73. The molecule has 0 radical (unpaired) electrons. The van der Waals surface area contributed by atoms with Crippen molar-refractivity contribution >= 4 is 46.3 Å². The van der Waals surface area contributed by atoms with Crippen molar-refractivity contribution < 1.29 is 9.18 Å². The second-order valence-electron chi connectivity index (χ2n) is 5.33. The highest BCUT2D eigenvalue weighted by Crippen LogP contribution is 2.45. The van der Waals surface area contributed by atoms with Gasteiger partial charge in [-0.15, -0.1) is 23.1 Å². The minimum absolute atomic E-state index is 0.0106. The number of anilines is 1. The van der Waals surface area contributed by atoms with Gasteiger partial charge in [0.25, 0.3) is 5.91 Å². The van der Waals surface area contributed by atoms with Crippen molar-refractivity contribution in [1.82, 2.24) is 0 Å². The van der Waals surface area contributed by atoms with Gasteiger partial charge in [-0.1, -0.05) is 29.8 Å². The molecular formula is C18H11ClFNOS2. The molecule has 24 heavy (non-hydrogen) atoms. The SMILES string of the molecule is O=C(Nc1ccc(F)c(Cl)c1)c1cc2c(s1)-c1ccccc1SC2. The zero-order valence-electron chi connectivity index (χ0n) is 12.3. The number of thiophene rings is 1. The van der Waals surface area contributed by atoms with E-state index in [9.17, 15) is 9.18 Å². The van der Waals surface area contributed by atoms with Crippen molar-refractivity contribution in [2.75, 3.05) is 5.32 Å². The van der Waals surface area contributed by atoms with Crippen LogP contribution in [0.3, 0.4) is 0 Å². The lowest BCUT2D eigenvalue weighted by Gasteiger charge is -2.14. The molecule has 0 fully saturated rings. The summed E-state index contributed by atoms with van der Waals surface area (Å²) in [5, 5.41) is 2.76. The summed E-state index contributed by atoms with van der Waals surface area (Å²) in [7, 11) is 0. The van der Waals surface area contributed by atoms with Crippen LogP contribution in [0.25, 0.3) is 10.4 Å². The number of amides is 1. The number of carbonyl (C=O) groups is 1. The molecule has 1 aliphatic heterocycles. The number of nitrogens with one attached hydrogen (secondary N) is 1. The molecule has 0 aliphatic carbocycles. The van der Waals surface area contributed by atoms with Gasteiger partial charge < -0.3 is 5.32 Å². The second-order valence-corrected chi connectivity index (χ2v) is 7.81. The largest absolute Gasteiger partial charge is 0.321 e. The number of rotatable bonds is 2. The summed E-state index contributed by atoms with van der Waals surface area (Å²) in [6.45, 7) is 0. The van der Waals surface area contributed by atoms with Gasteiger partial charge in [-0.25, -0.2) is 4.39 Å². The minimum Gasteiger partial charge on any atom is -0.321 e. The summed E-state index contributed by atoms with van der Waals surface area (Å²) < 4.78 is 13.2. The van der Waals surface area contributed by atoms with Crippen LogP contribution in [0.4, 0.5) is 10.1 Å². The number of benzene rings is 2. The standard InChI is InChI=1S/C18H11ClFNOS2/c19-13-8-11(5-6-14(13)20)21-18(22)16-7-10-9-23-15-4-2-1-3-12(15)17(10)24-16/h1-8H,9H2,(H,21,22). The molecule has 120 valence electrons. The summed E-state index contributed by atoms with van der Waals surface area (Å²) in [6.07, 6.45) is 0. The lowest BCUT2D eigenvalue weighted by Crippen LogP contribution is -2.10. The topological polar surface area (TPSA) is 29.1 Å². The number of halogens is 2. The van der Waals surface area contributed by atoms with Gasteiger partial charge in [-0.3, -0.25) is 4.79 Å². The molecule has 1 aliphatic rings. The van der Waals surface area contributed by atoms with Crippen molar-refractivity contribution in [2.45, 2.75) is 10.6 Å². The predicted molar refractivity (Wildman–Crippen MR) is 98.7 cm³/mol. The average Bonchev–Trinajstić information content (AvgIpc) is 3.03. The van der Waals surface area contributed by atoms with E-state index in [1.54, 1.807) is 11.8 Å². The van der Waals surface area contributed by atoms with Crippen molar-refractivity contribution in [3.8, 4) is 10.4 Å². The molecule has 0 bridgehead atoms. The first-order chi connectivity index (χ1) is 11.6. The van der Waals surface area contributed by atoms with E-state index < -0.39 is 5.82 Å². The Morgan fingerprint density at radius 2 is 2.00 bits per heavy atom. The maximum atomic E-state index is 13.2. The normalized spacial score (nSPS) is 12.4. The molecule has 0 saturated heterocycles. The van der Waals surface area contributed by atoms with E-state index in [1.165, 1.54) is 45.6 Å². The fourth-order valence-electron chi connectivity index (χ4n) is 2.58. The van der Waals surface area contributed by atoms with Gasteiger partial charge in [0, 0.05) is 26.8 Å². The number of hydrogen-bond acceptors (Lipinski definition) is 3. The molecule has 3 aromatic rings. The third kappa shape index (κ3) is 2.83. The van der Waals surface area contributed by atoms with Gasteiger partial charge in [-0.2, -0.15) is 0 Å². The molecule has 0 atom stereocenters. The zero-order chi connectivity index (χ0) is 16.7. The van der Waals surface area contributed by atoms with Crippen molar-refractivity contribution in [2.24, 2.45) is 0 Å². The highest BCUT2D eigenvalue weighted by atomic mass is 35.5. The van der Waals surface area contributed by atoms with E-state index in [1.807, 2.05) is 18.2 Å². The highest BCUT2D eigenvalue weighted by molar-refractivity contribution is 7.98. The lowest BCUT2D eigenvalue weighted by atomic mass is 10.1. The van der Waals surface area contributed by atoms with Gasteiger partial charge in [0.2, 0.25) is 0 Å². The van der Waals surface area contributed by atoms with E-state index in [0.717, 1.165) is 10.6 Å². The van der Waals surface area contributed by atoms with Gasteiger partial charge >= 0.3 is 0 Å². The first kappa shape index (κ1) is 15.7. The van der Waals surface area contributed by atoms with Crippen molar-refractivity contribution in [1.29, 1.82) is 0 Å². The van der Waals surface area contributed by atoms with E-state index in [4.69, 9.17) is 11.6 Å². The smallest absolute Gasteiger partial charge is 0.265 e. The highest BCUT2D eigenvalue weighted by Gasteiger charge is 2.21. The Kier molecular flexibility index (Phi) is 4.08. The molecule has 2 aromatic carbocycles. The second kappa shape index (κ2) is 6.24. The summed E-state index contributed by atoms with van der Waals surface area (Å²) in [5.41, 5.74) is 2.83. The van der Waals surface area contributed by atoms with Crippen LogP contribution in [0.15, 0.2) is 53.4 Å². The van der Waals surface area contributed by atoms with Crippen LogP contribution in [-0.4, -0.2) is 5.91 Å².